The molecule has 3 rings (SSSR count). The molecule has 5 heteroatoms. The summed E-state index contributed by atoms with van der Waals surface area (Å²) >= 11 is 0. The second-order valence-corrected chi connectivity index (χ2v) is 7.18. The number of nitrogens with one attached hydrogen (secondary N) is 1. The van der Waals surface area contributed by atoms with Crippen molar-refractivity contribution in [1.29, 1.82) is 0 Å². The van der Waals surface area contributed by atoms with Gasteiger partial charge in [-0.25, -0.2) is 0 Å². The van der Waals surface area contributed by atoms with Crippen molar-refractivity contribution in [3.8, 4) is 5.75 Å². The topological polar surface area (TPSA) is 41.6 Å². The molecule has 0 aliphatic carbocycles. The summed E-state index contributed by atoms with van der Waals surface area (Å²) < 4.78 is 5.86. The molecule has 25 heavy (non-hydrogen) atoms. The zero-order valence-corrected chi connectivity index (χ0v) is 15.8. The number of nitrogens with zero attached hydrogens (tertiary/aromatic N) is 1. The van der Waals surface area contributed by atoms with Crippen LogP contribution in [-0.4, -0.2) is 43.6 Å². The number of likely N-dealkylation sites (tertiary alicyclic amines) is 1. The fraction of sp³-hybridized carbons (Fsp3) is 0.650. The highest BCUT2D eigenvalue weighted by Crippen LogP contribution is 2.22. The van der Waals surface area contributed by atoms with E-state index < -0.39 is 0 Å². The third kappa shape index (κ3) is 6.52. The van der Waals surface area contributed by atoms with Crippen molar-refractivity contribution in [2.45, 2.75) is 38.5 Å². The molecule has 0 atom stereocenters. The summed E-state index contributed by atoms with van der Waals surface area (Å²) in [5.74, 6) is 2.61. The first-order chi connectivity index (χ1) is 11.8. The minimum Gasteiger partial charge on any atom is -0.493 e. The SMILES string of the molecule is Cl.O=C(CCC1CCNCC1)N1CCC(COc2ccccc2)CC1. The standard InChI is InChI=1S/C20H30N2O2.ClH/c23-20(7-6-17-8-12-21-13-9-17)22-14-10-18(11-15-22)16-24-19-4-2-1-3-5-19;/h1-5,17-18,21H,6-16H2;1H. The van der Waals surface area contributed by atoms with E-state index in [4.69, 9.17) is 4.74 Å². The van der Waals surface area contributed by atoms with Gasteiger partial charge >= 0.3 is 0 Å². The van der Waals surface area contributed by atoms with Crippen LogP contribution in [0.5, 0.6) is 5.75 Å². The number of hydrogen-bond acceptors (Lipinski definition) is 3. The minimum atomic E-state index is 0. The Morgan fingerprint density at radius 1 is 1.04 bits per heavy atom. The molecule has 1 amide bonds. The molecule has 0 spiro atoms. The van der Waals surface area contributed by atoms with E-state index >= 15 is 0 Å². The van der Waals surface area contributed by atoms with E-state index in [1.807, 2.05) is 30.3 Å². The molecular formula is C20H31ClN2O2. The second kappa shape index (κ2) is 10.7. The number of ether oxygens (including phenoxy) is 1. The van der Waals surface area contributed by atoms with Crippen molar-refractivity contribution in [2.24, 2.45) is 11.8 Å². The highest BCUT2D eigenvalue weighted by molar-refractivity contribution is 5.85. The molecule has 0 unspecified atom stereocenters. The Morgan fingerprint density at radius 2 is 1.72 bits per heavy atom. The number of halogens is 1. The van der Waals surface area contributed by atoms with Crippen LogP contribution in [-0.2, 0) is 4.79 Å². The summed E-state index contributed by atoms with van der Waals surface area (Å²) in [6, 6.07) is 10.00. The molecule has 2 aliphatic rings. The maximum Gasteiger partial charge on any atom is 0.222 e. The number of carbonyl (C=O) groups excluding carboxylic acids is 1. The van der Waals surface area contributed by atoms with Crippen molar-refractivity contribution in [3.05, 3.63) is 30.3 Å². The lowest BCUT2D eigenvalue weighted by molar-refractivity contribution is -0.133. The van der Waals surface area contributed by atoms with Crippen molar-refractivity contribution < 1.29 is 9.53 Å². The van der Waals surface area contributed by atoms with Crippen LogP contribution in [0.25, 0.3) is 0 Å². The molecule has 1 aromatic carbocycles. The third-order valence-corrected chi connectivity index (χ3v) is 5.42. The van der Waals surface area contributed by atoms with Crippen LogP contribution in [0.2, 0.25) is 0 Å². The van der Waals surface area contributed by atoms with Gasteiger partial charge in [-0.3, -0.25) is 4.79 Å². The number of rotatable bonds is 6. The maximum absolute atomic E-state index is 12.4. The van der Waals surface area contributed by atoms with Gasteiger partial charge in [0, 0.05) is 19.5 Å². The smallest absolute Gasteiger partial charge is 0.222 e. The minimum absolute atomic E-state index is 0. The zero-order chi connectivity index (χ0) is 16.6. The number of hydrogen-bond donors (Lipinski definition) is 1. The predicted octanol–water partition coefficient (Wildman–Crippen LogP) is 3.51. The summed E-state index contributed by atoms with van der Waals surface area (Å²) in [5.41, 5.74) is 0. The lowest BCUT2D eigenvalue weighted by atomic mass is 9.92. The van der Waals surface area contributed by atoms with Crippen LogP contribution in [0.4, 0.5) is 0 Å². The Labute approximate surface area is 157 Å². The molecule has 1 aromatic rings. The van der Waals surface area contributed by atoms with E-state index in [0.717, 1.165) is 70.1 Å². The van der Waals surface area contributed by atoms with Gasteiger partial charge in [0.1, 0.15) is 5.75 Å². The summed E-state index contributed by atoms with van der Waals surface area (Å²) in [5, 5.41) is 3.39. The van der Waals surface area contributed by atoms with Crippen LogP contribution in [0.1, 0.15) is 38.5 Å². The number of carbonyl (C=O) groups is 1. The number of amides is 1. The number of para-hydroxylation sites is 1. The van der Waals surface area contributed by atoms with E-state index in [1.165, 1.54) is 12.8 Å². The fourth-order valence-electron chi connectivity index (χ4n) is 3.74. The highest BCUT2D eigenvalue weighted by Gasteiger charge is 2.24. The molecule has 0 aromatic heterocycles. The van der Waals surface area contributed by atoms with E-state index in [0.29, 0.717) is 11.8 Å². The molecule has 0 saturated carbocycles. The largest absolute Gasteiger partial charge is 0.493 e. The van der Waals surface area contributed by atoms with Crippen LogP contribution >= 0.6 is 12.4 Å². The summed E-state index contributed by atoms with van der Waals surface area (Å²) in [6.07, 6.45) is 6.38. The van der Waals surface area contributed by atoms with E-state index in [-0.39, 0.29) is 12.4 Å². The van der Waals surface area contributed by atoms with Crippen LogP contribution in [0.15, 0.2) is 30.3 Å². The molecule has 4 nitrogen and oxygen atoms in total. The molecule has 0 bridgehead atoms. The zero-order valence-electron chi connectivity index (χ0n) is 15.0. The van der Waals surface area contributed by atoms with Gasteiger partial charge in [0.15, 0.2) is 0 Å². The van der Waals surface area contributed by atoms with E-state index in [2.05, 4.69) is 10.2 Å². The van der Waals surface area contributed by atoms with Gasteiger partial charge in [-0.2, -0.15) is 0 Å². The van der Waals surface area contributed by atoms with Crippen molar-refractivity contribution in [3.63, 3.8) is 0 Å². The van der Waals surface area contributed by atoms with Crippen LogP contribution < -0.4 is 10.1 Å². The quantitative estimate of drug-likeness (QED) is 0.837. The Hall–Kier alpha value is -1.26. The average Bonchev–Trinajstić information content (AvgIpc) is 2.66. The number of piperidine rings is 2. The molecule has 1 N–H and O–H groups in total. The first-order valence-electron chi connectivity index (χ1n) is 9.47. The van der Waals surface area contributed by atoms with Gasteiger partial charge in [0.25, 0.3) is 0 Å². The van der Waals surface area contributed by atoms with Crippen molar-refractivity contribution in [2.75, 3.05) is 32.8 Å². The Morgan fingerprint density at radius 3 is 2.40 bits per heavy atom. The molecule has 2 saturated heterocycles. The van der Waals surface area contributed by atoms with Crippen molar-refractivity contribution >= 4 is 18.3 Å². The molecule has 2 aliphatic heterocycles. The van der Waals surface area contributed by atoms with Crippen LogP contribution in [0, 0.1) is 11.8 Å². The van der Waals surface area contributed by atoms with E-state index in [1.54, 1.807) is 0 Å². The van der Waals surface area contributed by atoms with Crippen molar-refractivity contribution in [1.82, 2.24) is 10.2 Å². The Kier molecular flexibility index (Phi) is 8.56. The van der Waals surface area contributed by atoms with Gasteiger partial charge in [0.05, 0.1) is 6.61 Å². The third-order valence-electron chi connectivity index (χ3n) is 5.42. The van der Waals surface area contributed by atoms with Gasteiger partial charge < -0.3 is 15.0 Å². The lowest BCUT2D eigenvalue weighted by Gasteiger charge is -2.32. The monoisotopic (exact) mass is 366 g/mol. The van der Waals surface area contributed by atoms with Gasteiger partial charge in [-0.05, 0) is 69.2 Å². The van der Waals surface area contributed by atoms with Crippen LogP contribution in [0.3, 0.4) is 0 Å². The second-order valence-electron chi connectivity index (χ2n) is 7.18. The summed E-state index contributed by atoms with van der Waals surface area (Å²) in [4.78, 5) is 14.5. The predicted molar refractivity (Wildman–Crippen MR) is 103 cm³/mol. The number of benzene rings is 1. The van der Waals surface area contributed by atoms with Gasteiger partial charge in [-0.15, -0.1) is 12.4 Å². The van der Waals surface area contributed by atoms with E-state index in [9.17, 15) is 4.79 Å². The normalized spacial score (nSPS) is 19.3. The maximum atomic E-state index is 12.4. The first kappa shape index (κ1) is 20.1. The average molecular weight is 367 g/mol. The molecular weight excluding hydrogens is 336 g/mol. The Balaban J connectivity index is 0.00000225. The molecule has 140 valence electrons. The summed E-state index contributed by atoms with van der Waals surface area (Å²) in [6.45, 7) is 4.79. The Bertz CT molecular complexity index is 498. The van der Waals surface area contributed by atoms with Gasteiger partial charge in [0.2, 0.25) is 5.91 Å². The summed E-state index contributed by atoms with van der Waals surface area (Å²) in [7, 11) is 0. The molecule has 0 radical (unpaired) electrons. The lowest BCUT2D eigenvalue weighted by Crippen LogP contribution is -2.40. The van der Waals surface area contributed by atoms with Gasteiger partial charge in [-0.1, -0.05) is 18.2 Å². The fourth-order valence-corrected chi connectivity index (χ4v) is 3.74. The first-order valence-corrected chi connectivity index (χ1v) is 9.47. The molecule has 2 heterocycles. The highest BCUT2D eigenvalue weighted by atomic mass is 35.5. The molecule has 2 fully saturated rings.